The van der Waals surface area contributed by atoms with E-state index in [9.17, 15) is 5.11 Å². The maximum Gasteiger partial charge on any atom is 0.0639 e. The lowest BCUT2D eigenvalue weighted by Crippen LogP contribution is -2.46. The number of hydrogen-bond acceptors (Lipinski definition) is 3. The fourth-order valence-electron chi connectivity index (χ4n) is 1.94. The van der Waals surface area contributed by atoms with Crippen molar-refractivity contribution in [3.05, 3.63) is 29.3 Å². The molecule has 1 heterocycles. The summed E-state index contributed by atoms with van der Waals surface area (Å²) < 4.78 is 0. The lowest BCUT2D eigenvalue weighted by molar-refractivity contribution is 0.210. The van der Waals surface area contributed by atoms with Gasteiger partial charge in [0, 0.05) is 13.1 Å². The molecule has 0 amide bonds. The molecule has 4 heteroatoms. The molecule has 1 aliphatic heterocycles. The maximum absolute atomic E-state index is 9.17. The van der Waals surface area contributed by atoms with E-state index in [4.69, 9.17) is 17.3 Å². The van der Waals surface area contributed by atoms with E-state index in [-0.39, 0.29) is 6.61 Å². The van der Waals surface area contributed by atoms with E-state index >= 15 is 0 Å². The average molecular weight is 227 g/mol. The van der Waals surface area contributed by atoms with Crippen molar-refractivity contribution in [2.24, 2.45) is 5.73 Å². The van der Waals surface area contributed by atoms with Gasteiger partial charge < -0.3 is 15.7 Å². The second-order valence-corrected chi connectivity index (χ2v) is 4.55. The molecule has 1 aromatic carbocycles. The van der Waals surface area contributed by atoms with Gasteiger partial charge in [0.2, 0.25) is 0 Å². The van der Waals surface area contributed by atoms with Gasteiger partial charge in [0.1, 0.15) is 0 Å². The number of nitrogens with two attached hydrogens (primary N) is 1. The molecule has 1 fully saturated rings. The van der Waals surface area contributed by atoms with E-state index in [1.54, 1.807) is 0 Å². The van der Waals surface area contributed by atoms with Crippen LogP contribution in [0.3, 0.4) is 0 Å². The van der Waals surface area contributed by atoms with E-state index in [0.717, 1.165) is 23.7 Å². The van der Waals surface area contributed by atoms with Crippen molar-refractivity contribution in [3.8, 4) is 0 Å². The number of hydrogen-bond donors (Lipinski definition) is 2. The number of halogens is 1. The summed E-state index contributed by atoms with van der Waals surface area (Å²) >= 11 is 6.10. The van der Waals surface area contributed by atoms with Gasteiger partial charge in [-0.25, -0.2) is 0 Å². The van der Waals surface area contributed by atoms with Gasteiger partial charge in [-0.2, -0.15) is 0 Å². The third-order valence-electron chi connectivity index (χ3n) is 2.89. The van der Waals surface area contributed by atoms with Gasteiger partial charge >= 0.3 is 0 Å². The summed E-state index contributed by atoms with van der Waals surface area (Å²) in [6.07, 6.45) is 0.800. The number of rotatable bonds is 2. The summed E-state index contributed by atoms with van der Waals surface area (Å²) in [5.41, 5.74) is 6.53. The average Bonchev–Trinajstić information content (AvgIpc) is 2.63. The molecule has 0 bridgehead atoms. The number of benzene rings is 1. The van der Waals surface area contributed by atoms with Crippen LogP contribution in [-0.4, -0.2) is 30.3 Å². The van der Waals surface area contributed by atoms with Gasteiger partial charge in [-0.15, -0.1) is 0 Å². The summed E-state index contributed by atoms with van der Waals surface area (Å²) in [4.78, 5) is 2.12. The predicted octanol–water partition coefficient (Wildman–Crippen LogP) is 1.24. The zero-order valence-electron chi connectivity index (χ0n) is 8.49. The molecule has 0 spiro atoms. The van der Waals surface area contributed by atoms with Crippen LogP contribution < -0.4 is 10.6 Å². The van der Waals surface area contributed by atoms with Crippen LogP contribution in [0.15, 0.2) is 24.3 Å². The van der Waals surface area contributed by atoms with Crippen LogP contribution in [0, 0.1) is 0 Å². The molecule has 1 atom stereocenters. The molecule has 1 aliphatic rings. The fourth-order valence-corrected chi connectivity index (χ4v) is 2.19. The number of nitrogens with zero attached hydrogens (tertiary/aromatic N) is 1. The second-order valence-electron chi connectivity index (χ2n) is 4.14. The minimum atomic E-state index is -0.473. The summed E-state index contributed by atoms with van der Waals surface area (Å²) in [6.45, 7) is 1.53. The molecule has 82 valence electrons. The largest absolute Gasteiger partial charge is 0.394 e. The zero-order valence-corrected chi connectivity index (χ0v) is 9.24. The van der Waals surface area contributed by atoms with Gasteiger partial charge in [-0.3, -0.25) is 0 Å². The Morgan fingerprint density at radius 2 is 2.20 bits per heavy atom. The van der Waals surface area contributed by atoms with Crippen LogP contribution in [0.25, 0.3) is 0 Å². The third-order valence-corrected chi connectivity index (χ3v) is 3.21. The predicted molar refractivity (Wildman–Crippen MR) is 62.3 cm³/mol. The van der Waals surface area contributed by atoms with Crippen LogP contribution in [0.5, 0.6) is 0 Å². The molecule has 0 radical (unpaired) electrons. The molecular weight excluding hydrogens is 212 g/mol. The number of para-hydroxylation sites is 1. The first-order valence-corrected chi connectivity index (χ1v) is 5.42. The Labute approximate surface area is 94.4 Å². The highest BCUT2D eigenvalue weighted by atomic mass is 35.5. The monoisotopic (exact) mass is 226 g/mol. The molecule has 0 aliphatic carbocycles. The summed E-state index contributed by atoms with van der Waals surface area (Å²) in [6, 6.07) is 7.71. The Morgan fingerprint density at radius 1 is 1.47 bits per heavy atom. The molecule has 2 rings (SSSR count). The standard InChI is InChI=1S/C11H15ClN2O/c12-9-3-1-2-4-10(9)14-6-5-11(13,7-14)8-15/h1-4,15H,5-8,13H2. The Kier molecular flexibility index (Phi) is 2.87. The molecule has 0 aromatic heterocycles. The van der Waals surface area contributed by atoms with Crippen molar-refractivity contribution in [2.45, 2.75) is 12.0 Å². The fraction of sp³-hybridized carbons (Fsp3) is 0.455. The number of aliphatic hydroxyl groups excluding tert-OH is 1. The van der Waals surface area contributed by atoms with Crippen LogP contribution >= 0.6 is 11.6 Å². The van der Waals surface area contributed by atoms with E-state index in [0.29, 0.717) is 6.54 Å². The first-order valence-electron chi connectivity index (χ1n) is 5.04. The van der Waals surface area contributed by atoms with E-state index in [2.05, 4.69) is 4.90 Å². The SMILES string of the molecule is NC1(CO)CCN(c2ccccc2Cl)C1. The highest BCUT2D eigenvalue weighted by Gasteiger charge is 2.34. The minimum absolute atomic E-state index is 0.0218. The molecule has 15 heavy (non-hydrogen) atoms. The van der Waals surface area contributed by atoms with Gasteiger partial charge in [0.15, 0.2) is 0 Å². The number of aliphatic hydroxyl groups is 1. The molecular formula is C11H15ClN2O. The van der Waals surface area contributed by atoms with Gasteiger partial charge in [-0.05, 0) is 18.6 Å². The van der Waals surface area contributed by atoms with Gasteiger partial charge in [0.05, 0.1) is 22.9 Å². The van der Waals surface area contributed by atoms with Crippen LogP contribution in [0.2, 0.25) is 5.02 Å². The lowest BCUT2D eigenvalue weighted by atomic mass is 10.0. The number of anilines is 1. The van der Waals surface area contributed by atoms with Crippen molar-refractivity contribution in [1.29, 1.82) is 0 Å². The quantitative estimate of drug-likeness (QED) is 0.798. The molecule has 0 saturated carbocycles. The molecule has 3 nitrogen and oxygen atoms in total. The Bertz CT molecular complexity index is 358. The highest BCUT2D eigenvalue weighted by Crippen LogP contribution is 2.30. The first kappa shape index (κ1) is 10.7. The second kappa shape index (κ2) is 4.00. The Morgan fingerprint density at radius 3 is 2.80 bits per heavy atom. The Hall–Kier alpha value is -0.770. The van der Waals surface area contributed by atoms with Gasteiger partial charge in [-0.1, -0.05) is 23.7 Å². The molecule has 1 saturated heterocycles. The third kappa shape index (κ3) is 2.09. The van der Waals surface area contributed by atoms with Crippen molar-refractivity contribution in [2.75, 3.05) is 24.6 Å². The van der Waals surface area contributed by atoms with Crippen LogP contribution in [0.4, 0.5) is 5.69 Å². The normalized spacial score (nSPS) is 25.9. The van der Waals surface area contributed by atoms with E-state index in [1.165, 1.54) is 0 Å². The Balaban J connectivity index is 2.18. The lowest BCUT2D eigenvalue weighted by Gasteiger charge is -2.23. The molecule has 3 N–H and O–H groups in total. The maximum atomic E-state index is 9.17. The zero-order chi connectivity index (χ0) is 10.9. The topological polar surface area (TPSA) is 49.5 Å². The smallest absolute Gasteiger partial charge is 0.0639 e. The van der Waals surface area contributed by atoms with Crippen LogP contribution in [0.1, 0.15) is 6.42 Å². The van der Waals surface area contributed by atoms with Gasteiger partial charge in [0.25, 0.3) is 0 Å². The highest BCUT2D eigenvalue weighted by molar-refractivity contribution is 6.33. The first-order chi connectivity index (χ1) is 7.14. The minimum Gasteiger partial charge on any atom is -0.394 e. The van der Waals surface area contributed by atoms with Crippen molar-refractivity contribution in [3.63, 3.8) is 0 Å². The summed E-state index contributed by atoms with van der Waals surface area (Å²) in [7, 11) is 0. The summed E-state index contributed by atoms with van der Waals surface area (Å²) in [5.74, 6) is 0. The van der Waals surface area contributed by atoms with E-state index < -0.39 is 5.54 Å². The molecule has 1 aromatic rings. The summed E-state index contributed by atoms with van der Waals surface area (Å²) in [5, 5.41) is 9.91. The molecule has 1 unspecified atom stereocenters. The van der Waals surface area contributed by atoms with Crippen LogP contribution in [-0.2, 0) is 0 Å². The van der Waals surface area contributed by atoms with Crippen molar-refractivity contribution >= 4 is 17.3 Å². The van der Waals surface area contributed by atoms with E-state index in [1.807, 2.05) is 24.3 Å². The van der Waals surface area contributed by atoms with Crippen molar-refractivity contribution in [1.82, 2.24) is 0 Å². The van der Waals surface area contributed by atoms with Crippen molar-refractivity contribution < 1.29 is 5.11 Å².